The molecule has 104 heavy (non-hydrogen) atoms. The van der Waals surface area contributed by atoms with E-state index in [0.717, 1.165) is 107 Å². The number of hydrogen-bond acceptors (Lipinski definition) is 14. The van der Waals surface area contributed by atoms with E-state index in [1.54, 1.807) is 104 Å². The number of rotatable bonds is 16. The predicted molar refractivity (Wildman–Crippen MR) is 392 cm³/mol. The highest BCUT2D eigenvalue weighted by molar-refractivity contribution is 5.96. The summed E-state index contributed by atoms with van der Waals surface area (Å²) >= 11 is 0. The van der Waals surface area contributed by atoms with Crippen molar-refractivity contribution in [3.8, 4) is 62.5 Å². The van der Waals surface area contributed by atoms with Crippen molar-refractivity contribution < 1.29 is 67.0 Å². The van der Waals surface area contributed by atoms with Crippen LogP contribution in [0.3, 0.4) is 0 Å². The number of carbonyl (C=O) groups excluding carboxylic acids is 6. The highest BCUT2D eigenvalue weighted by Crippen LogP contribution is 2.59. The minimum Gasteiger partial charge on any atom is -0.497 e. The molecular formula is C90H68O14. The van der Waals surface area contributed by atoms with Gasteiger partial charge in [-0.2, -0.15) is 0 Å². The summed E-state index contributed by atoms with van der Waals surface area (Å²) < 4.78 is 40.7. The van der Waals surface area contributed by atoms with Crippen LogP contribution in [0.1, 0.15) is 138 Å². The van der Waals surface area contributed by atoms with Crippen molar-refractivity contribution in [3.63, 3.8) is 0 Å². The Balaban J connectivity index is 0.000000170. The molecule has 1 atom stereocenters. The van der Waals surface area contributed by atoms with Gasteiger partial charge >= 0.3 is 35.8 Å². The van der Waals surface area contributed by atoms with Crippen LogP contribution in [0.5, 0.6) is 40.2 Å². The number of aryl methyl sites for hydroxylation is 4. The van der Waals surface area contributed by atoms with Crippen LogP contribution >= 0.6 is 0 Å². The van der Waals surface area contributed by atoms with Crippen molar-refractivity contribution in [2.45, 2.75) is 68.8 Å². The standard InChI is InChI=1S/C47H36O10.C43H32O4/c1-53-36-18-12-33(13-19-36)44(50)55-38-22-16-35(17-23-38)46(52)57-40-7-3-5-31-25-27-47(42(31)40)26-24-30-4-2-6-39(41(30)47)56-45(51)34-14-20-37(21-15-34)54-43(49)32-10-8-29(28-48)9-11-32;44-41(35-21-17-31(18-22-35)29-9-3-1-4-10-29)46-37-15-7-13-33-25-27-43(39(33)37)28-26-34-14-8-16-38(40(34)43)47-42(45)36-23-19-32(20-24-36)30-11-5-2-6-12-30/h2-23,48H,24-28H2,1H3;1-24H,25-28H2/t47-;/m1./s1. The second kappa shape index (κ2) is 29.1. The number of fused-ring (bicyclic) bond motifs is 8. The second-order valence-electron chi connectivity index (χ2n) is 26.2. The van der Waals surface area contributed by atoms with Crippen LogP contribution in [0, 0.1) is 0 Å². The topological polar surface area (TPSA) is 187 Å². The van der Waals surface area contributed by atoms with E-state index in [4.69, 9.17) is 33.2 Å². The van der Waals surface area contributed by atoms with Crippen molar-refractivity contribution in [2.75, 3.05) is 7.11 Å². The first-order chi connectivity index (χ1) is 50.8. The molecular weight excluding hydrogens is 1300 g/mol. The molecule has 0 saturated carbocycles. The number of ether oxygens (including phenoxy) is 7. The fourth-order valence-corrected chi connectivity index (χ4v) is 15.2. The molecule has 0 radical (unpaired) electrons. The van der Waals surface area contributed by atoms with E-state index in [1.807, 2.05) is 158 Å². The van der Waals surface area contributed by atoms with Crippen molar-refractivity contribution in [1.82, 2.24) is 0 Å². The molecule has 12 aromatic rings. The van der Waals surface area contributed by atoms with Gasteiger partial charge in [0.15, 0.2) is 0 Å². The molecule has 0 unspecified atom stereocenters. The highest BCUT2D eigenvalue weighted by Gasteiger charge is 2.51. The lowest BCUT2D eigenvalue weighted by Crippen LogP contribution is -2.24. The first-order valence-electron chi connectivity index (χ1n) is 34.5. The number of aliphatic hydroxyl groups excluding tert-OH is 1. The van der Waals surface area contributed by atoms with Crippen molar-refractivity contribution in [3.05, 3.63) is 363 Å². The minimum absolute atomic E-state index is 0.129. The summed E-state index contributed by atoms with van der Waals surface area (Å²) in [5.41, 5.74) is 14.5. The van der Waals surface area contributed by atoms with Gasteiger partial charge in [-0.1, -0.05) is 146 Å². The van der Waals surface area contributed by atoms with Gasteiger partial charge in [-0.3, -0.25) is 0 Å². The molecule has 0 heterocycles. The zero-order chi connectivity index (χ0) is 71.3. The summed E-state index contributed by atoms with van der Waals surface area (Å²) in [4.78, 5) is 79.4. The van der Waals surface area contributed by atoms with Gasteiger partial charge in [-0.15, -0.1) is 0 Å². The number of carbonyl (C=O) groups is 6. The van der Waals surface area contributed by atoms with Crippen molar-refractivity contribution in [1.29, 1.82) is 0 Å². The van der Waals surface area contributed by atoms with Crippen LogP contribution in [-0.2, 0) is 43.1 Å². The Labute approximate surface area is 600 Å². The van der Waals surface area contributed by atoms with Crippen LogP contribution in [-0.4, -0.2) is 48.0 Å². The smallest absolute Gasteiger partial charge is 0.343 e. The molecule has 0 fully saturated rings. The molecule has 0 aliphatic heterocycles. The second-order valence-corrected chi connectivity index (χ2v) is 26.2. The Kier molecular flexibility index (Phi) is 18.7. The lowest BCUT2D eigenvalue weighted by molar-refractivity contribution is 0.0717. The molecule has 12 aromatic carbocycles. The van der Waals surface area contributed by atoms with E-state index in [0.29, 0.717) is 56.6 Å². The van der Waals surface area contributed by atoms with Crippen LogP contribution in [0.2, 0.25) is 0 Å². The van der Waals surface area contributed by atoms with Crippen LogP contribution < -0.4 is 33.2 Å². The Morgan fingerprint density at radius 1 is 0.279 bits per heavy atom. The molecule has 0 amide bonds. The average molecular weight is 1370 g/mol. The van der Waals surface area contributed by atoms with E-state index in [-0.39, 0.29) is 29.2 Å². The first-order valence-corrected chi connectivity index (χ1v) is 34.5. The van der Waals surface area contributed by atoms with Gasteiger partial charge < -0.3 is 38.3 Å². The Bertz CT molecular complexity index is 4910. The quantitative estimate of drug-likeness (QED) is 0.0711. The number of aliphatic hydroxyl groups is 1. The summed E-state index contributed by atoms with van der Waals surface area (Å²) in [6, 6.07) is 83.9. The third-order valence-corrected chi connectivity index (χ3v) is 20.2. The van der Waals surface area contributed by atoms with E-state index in [2.05, 4.69) is 12.1 Å². The molecule has 1 N–H and O–H groups in total. The van der Waals surface area contributed by atoms with E-state index in [1.165, 1.54) is 23.3 Å². The first kappa shape index (κ1) is 67.1. The average Bonchev–Trinajstić information content (AvgIpc) is 1.56. The maximum absolute atomic E-state index is 13.6. The summed E-state index contributed by atoms with van der Waals surface area (Å²) in [6.45, 7) is -0.129. The van der Waals surface area contributed by atoms with Crippen LogP contribution in [0.4, 0.5) is 0 Å². The molecule has 0 aromatic heterocycles. The molecule has 14 nitrogen and oxygen atoms in total. The fraction of sp³-hybridized carbons (Fsp3) is 0.133. The number of benzene rings is 12. The number of esters is 6. The van der Waals surface area contributed by atoms with Gasteiger partial charge in [0.25, 0.3) is 0 Å². The maximum Gasteiger partial charge on any atom is 0.343 e. The zero-order valence-corrected chi connectivity index (χ0v) is 56.7. The molecule has 4 aliphatic rings. The molecule has 0 saturated heterocycles. The number of hydrogen-bond donors (Lipinski definition) is 1. The molecule has 2 spiro atoms. The van der Waals surface area contributed by atoms with Gasteiger partial charge in [0, 0.05) is 33.1 Å². The van der Waals surface area contributed by atoms with Crippen molar-refractivity contribution >= 4 is 35.8 Å². The summed E-state index contributed by atoms with van der Waals surface area (Å²) in [5.74, 6) is 0.148. The summed E-state index contributed by atoms with van der Waals surface area (Å²) in [7, 11) is 1.54. The third-order valence-electron chi connectivity index (χ3n) is 20.2. The zero-order valence-electron chi connectivity index (χ0n) is 56.7. The SMILES string of the molecule is COc1ccc(C(=O)Oc2ccc(C(=O)Oc3cccc4c3[C@]3(CCc5cccc(OC(=O)c6ccc(OC(=O)c7ccc(CO)cc7)cc6)c53)CC4)cc2)cc1.O=C(Oc1cccc2c1C1(CC2)CCc2cccc(OC(=O)c3ccc(-c4ccccc4)cc3)c21)c1ccc(-c2ccccc2)cc1. The fourth-order valence-electron chi connectivity index (χ4n) is 15.2. The largest absolute Gasteiger partial charge is 0.497 e. The molecule has 4 aliphatic carbocycles. The van der Waals surface area contributed by atoms with Gasteiger partial charge in [0.1, 0.15) is 40.2 Å². The molecule has 0 bridgehead atoms. The molecule has 14 heteroatoms. The Morgan fingerprint density at radius 2 is 0.529 bits per heavy atom. The van der Waals surface area contributed by atoms with E-state index < -0.39 is 46.6 Å². The summed E-state index contributed by atoms with van der Waals surface area (Å²) in [6.07, 6.45) is 6.42. The highest BCUT2D eigenvalue weighted by atomic mass is 16.6. The van der Waals surface area contributed by atoms with E-state index >= 15 is 0 Å². The normalized spacial score (nSPS) is 14.5. The van der Waals surface area contributed by atoms with Crippen LogP contribution in [0.25, 0.3) is 22.3 Å². The van der Waals surface area contributed by atoms with Crippen LogP contribution in [0.15, 0.2) is 279 Å². The Hall–Kier alpha value is -12.8. The third kappa shape index (κ3) is 13.4. The van der Waals surface area contributed by atoms with Gasteiger partial charge in [0.05, 0.1) is 47.1 Å². The van der Waals surface area contributed by atoms with Gasteiger partial charge in [-0.25, -0.2) is 28.8 Å². The summed E-state index contributed by atoms with van der Waals surface area (Å²) in [5, 5.41) is 9.25. The lowest BCUT2D eigenvalue weighted by Gasteiger charge is -2.29. The van der Waals surface area contributed by atoms with Gasteiger partial charge in [0.2, 0.25) is 0 Å². The maximum atomic E-state index is 13.6. The van der Waals surface area contributed by atoms with Crippen molar-refractivity contribution in [2.24, 2.45) is 0 Å². The number of methoxy groups -OCH3 is 1. The van der Waals surface area contributed by atoms with E-state index in [9.17, 15) is 33.9 Å². The molecule has 16 rings (SSSR count). The molecule has 512 valence electrons. The Morgan fingerprint density at radius 3 is 0.808 bits per heavy atom. The lowest BCUT2D eigenvalue weighted by atomic mass is 9.76. The monoisotopic (exact) mass is 1370 g/mol. The van der Waals surface area contributed by atoms with Gasteiger partial charge in [-0.05, 0) is 235 Å². The minimum atomic E-state index is -0.570. The predicted octanol–water partition coefficient (Wildman–Crippen LogP) is 17.9.